The fraction of sp³-hybridized carbons (Fsp3) is 0.154. The molecule has 1 heterocycles. The van der Waals surface area contributed by atoms with Gasteiger partial charge in [-0.1, -0.05) is 24.3 Å². The zero-order valence-electron chi connectivity index (χ0n) is 8.19. The molecule has 0 N–H and O–H groups in total. The Labute approximate surface area is 91.7 Å². The van der Waals surface area contributed by atoms with E-state index in [0.717, 1.165) is 28.5 Å². The third-order valence-electron chi connectivity index (χ3n) is 2.73. The number of allylic oxidation sites excluding steroid dienone is 1. The molecule has 0 unspecified atom stereocenters. The van der Waals surface area contributed by atoms with Crippen molar-refractivity contribution in [3.63, 3.8) is 0 Å². The lowest BCUT2D eigenvalue weighted by Crippen LogP contribution is -2.09. The van der Waals surface area contributed by atoms with Gasteiger partial charge in [-0.05, 0) is 25.0 Å². The van der Waals surface area contributed by atoms with E-state index in [4.69, 9.17) is 0 Å². The Morgan fingerprint density at radius 1 is 1.20 bits per heavy atom. The van der Waals surface area contributed by atoms with E-state index in [1.165, 1.54) is 4.88 Å². The highest BCUT2D eigenvalue weighted by atomic mass is 32.1. The maximum absolute atomic E-state index is 12.1. The second kappa shape index (κ2) is 3.31. The zero-order chi connectivity index (χ0) is 10.3. The van der Waals surface area contributed by atoms with Gasteiger partial charge in [-0.15, -0.1) is 11.3 Å². The standard InChI is InChI=1S/C13H10OS/c14-13-9-5-1-3-7-11(9)15-12-8-4-2-6-10(12)13/h1-3,5-7H,4,8H2. The molecule has 0 atom stereocenters. The average molecular weight is 214 g/mol. The fourth-order valence-electron chi connectivity index (χ4n) is 1.97. The topological polar surface area (TPSA) is 17.1 Å². The molecule has 1 aliphatic carbocycles. The Morgan fingerprint density at radius 2 is 2.07 bits per heavy atom. The van der Waals surface area contributed by atoms with E-state index >= 15 is 0 Å². The van der Waals surface area contributed by atoms with Crippen molar-refractivity contribution in [2.24, 2.45) is 0 Å². The van der Waals surface area contributed by atoms with Crippen LogP contribution >= 0.6 is 11.3 Å². The van der Waals surface area contributed by atoms with Crippen LogP contribution in [0.5, 0.6) is 0 Å². The summed E-state index contributed by atoms with van der Waals surface area (Å²) in [5.41, 5.74) is 1.10. The number of aryl methyl sites for hydroxylation is 1. The summed E-state index contributed by atoms with van der Waals surface area (Å²) in [7, 11) is 0. The first-order valence-electron chi connectivity index (χ1n) is 5.07. The second-order valence-electron chi connectivity index (χ2n) is 3.71. The summed E-state index contributed by atoms with van der Waals surface area (Å²) in [6.45, 7) is 0. The van der Waals surface area contributed by atoms with E-state index in [1.54, 1.807) is 11.3 Å². The minimum atomic E-state index is 0.190. The van der Waals surface area contributed by atoms with Gasteiger partial charge in [0.1, 0.15) is 0 Å². The molecular formula is C13H10OS. The highest BCUT2D eigenvalue weighted by molar-refractivity contribution is 7.18. The molecule has 0 bridgehead atoms. The Bertz CT molecular complexity index is 607. The van der Waals surface area contributed by atoms with Crippen molar-refractivity contribution in [1.29, 1.82) is 0 Å². The van der Waals surface area contributed by atoms with Gasteiger partial charge < -0.3 is 0 Å². The largest absolute Gasteiger partial charge is 0.289 e. The number of hydrogen-bond acceptors (Lipinski definition) is 2. The molecule has 0 radical (unpaired) electrons. The predicted octanol–water partition coefficient (Wildman–Crippen LogP) is 3.22. The Kier molecular flexibility index (Phi) is 1.96. The van der Waals surface area contributed by atoms with Gasteiger partial charge in [0.25, 0.3) is 0 Å². The summed E-state index contributed by atoms with van der Waals surface area (Å²) in [4.78, 5) is 13.4. The molecule has 1 aliphatic rings. The molecule has 1 aromatic heterocycles. The normalized spacial score (nSPS) is 14.1. The van der Waals surface area contributed by atoms with Crippen LogP contribution in [0, 0.1) is 0 Å². The van der Waals surface area contributed by atoms with Gasteiger partial charge >= 0.3 is 0 Å². The summed E-state index contributed by atoms with van der Waals surface area (Å²) >= 11 is 1.75. The van der Waals surface area contributed by atoms with Crippen molar-refractivity contribution < 1.29 is 0 Å². The molecule has 2 aromatic rings. The average Bonchev–Trinajstić information content (AvgIpc) is 2.30. The van der Waals surface area contributed by atoms with Crippen LogP contribution in [-0.2, 0) is 6.42 Å². The van der Waals surface area contributed by atoms with Crippen molar-refractivity contribution >= 4 is 27.5 Å². The predicted molar refractivity (Wildman–Crippen MR) is 65.5 cm³/mol. The molecule has 15 heavy (non-hydrogen) atoms. The van der Waals surface area contributed by atoms with Gasteiger partial charge in [-0.25, -0.2) is 0 Å². The quantitative estimate of drug-likeness (QED) is 0.658. The van der Waals surface area contributed by atoms with E-state index in [0.29, 0.717) is 0 Å². The van der Waals surface area contributed by atoms with Crippen molar-refractivity contribution in [2.75, 3.05) is 0 Å². The molecule has 1 nitrogen and oxygen atoms in total. The lowest BCUT2D eigenvalue weighted by atomic mass is 10.0. The lowest BCUT2D eigenvalue weighted by molar-refractivity contribution is 1.01. The van der Waals surface area contributed by atoms with E-state index in [2.05, 4.69) is 6.08 Å². The molecule has 3 rings (SSSR count). The molecule has 1 aromatic carbocycles. The number of benzene rings is 1. The molecular weight excluding hydrogens is 204 g/mol. The highest BCUT2D eigenvalue weighted by Gasteiger charge is 2.11. The maximum Gasteiger partial charge on any atom is 0.195 e. The fourth-order valence-corrected chi connectivity index (χ4v) is 3.15. The number of hydrogen-bond donors (Lipinski definition) is 0. The van der Waals surface area contributed by atoms with Gasteiger partial charge in [0.2, 0.25) is 0 Å². The smallest absolute Gasteiger partial charge is 0.195 e. The van der Waals surface area contributed by atoms with Crippen molar-refractivity contribution in [3.8, 4) is 0 Å². The molecule has 0 aliphatic heterocycles. The van der Waals surface area contributed by atoms with E-state index in [1.807, 2.05) is 30.3 Å². The van der Waals surface area contributed by atoms with Crippen molar-refractivity contribution in [3.05, 3.63) is 51.0 Å². The SMILES string of the molecule is O=c1c2c(sc3ccccc13)CCC=C2. The van der Waals surface area contributed by atoms with Crippen LogP contribution in [0.3, 0.4) is 0 Å². The van der Waals surface area contributed by atoms with Crippen LogP contribution in [0.15, 0.2) is 35.1 Å². The summed E-state index contributed by atoms with van der Waals surface area (Å²) < 4.78 is 1.11. The number of rotatable bonds is 0. The van der Waals surface area contributed by atoms with Crippen LogP contribution < -0.4 is 5.43 Å². The molecule has 0 saturated carbocycles. The monoisotopic (exact) mass is 214 g/mol. The Hall–Kier alpha value is -1.41. The second-order valence-corrected chi connectivity index (χ2v) is 4.84. The summed E-state index contributed by atoms with van der Waals surface area (Å²) in [5, 5.41) is 0.854. The first kappa shape index (κ1) is 8.86. The van der Waals surface area contributed by atoms with Gasteiger partial charge in [0.05, 0.1) is 0 Å². The van der Waals surface area contributed by atoms with Crippen LogP contribution in [0.4, 0.5) is 0 Å². The molecule has 0 amide bonds. The third-order valence-corrected chi connectivity index (χ3v) is 3.98. The van der Waals surface area contributed by atoms with E-state index in [-0.39, 0.29) is 5.43 Å². The maximum atomic E-state index is 12.1. The molecule has 0 saturated heterocycles. The third kappa shape index (κ3) is 1.33. The van der Waals surface area contributed by atoms with Gasteiger partial charge in [0, 0.05) is 20.5 Å². The molecule has 0 spiro atoms. The zero-order valence-corrected chi connectivity index (χ0v) is 9.01. The van der Waals surface area contributed by atoms with E-state index < -0.39 is 0 Å². The van der Waals surface area contributed by atoms with Gasteiger partial charge in [0.15, 0.2) is 5.43 Å². The molecule has 74 valence electrons. The first-order valence-corrected chi connectivity index (χ1v) is 5.89. The summed E-state index contributed by atoms with van der Waals surface area (Å²) in [5.74, 6) is 0. The summed E-state index contributed by atoms with van der Waals surface area (Å²) in [6, 6.07) is 7.86. The van der Waals surface area contributed by atoms with Gasteiger partial charge in [-0.3, -0.25) is 4.79 Å². The van der Waals surface area contributed by atoms with Crippen LogP contribution in [0.1, 0.15) is 16.9 Å². The summed E-state index contributed by atoms with van der Waals surface area (Å²) in [6.07, 6.45) is 6.13. The minimum absolute atomic E-state index is 0.190. The molecule has 0 fully saturated rings. The van der Waals surface area contributed by atoms with Gasteiger partial charge in [-0.2, -0.15) is 0 Å². The first-order chi connectivity index (χ1) is 7.36. The Balaban J connectivity index is 2.48. The molecule has 2 heteroatoms. The minimum Gasteiger partial charge on any atom is -0.289 e. The van der Waals surface area contributed by atoms with Crippen LogP contribution in [-0.4, -0.2) is 0 Å². The van der Waals surface area contributed by atoms with E-state index in [9.17, 15) is 4.79 Å². The van der Waals surface area contributed by atoms with Crippen LogP contribution in [0.25, 0.3) is 16.2 Å². The van der Waals surface area contributed by atoms with Crippen molar-refractivity contribution in [2.45, 2.75) is 12.8 Å². The Morgan fingerprint density at radius 3 is 3.00 bits per heavy atom. The number of fused-ring (bicyclic) bond motifs is 2. The van der Waals surface area contributed by atoms with Crippen LogP contribution in [0.2, 0.25) is 0 Å². The van der Waals surface area contributed by atoms with Crippen molar-refractivity contribution in [1.82, 2.24) is 0 Å². The highest BCUT2D eigenvalue weighted by Crippen LogP contribution is 2.26. The lowest BCUT2D eigenvalue weighted by Gasteiger charge is -2.09.